The fourth-order valence-corrected chi connectivity index (χ4v) is 4.72. The van der Waals surface area contributed by atoms with Gasteiger partial charge in [0.1, 0.15) is 11.4 Å². The van der Waals surface area contributed by atoms with Gasteiger partial charge < -0.3 is 14.8 Å². The lowest BCUT2D eigenvalue weighted by Gasteiger charge is -2.27. The molecule has 41 heavy (non-hydrogen) atoms. The van der Waals surface area contributed by atoms with E-state index in [1.807, 2.05) is 19.1 Å². The molecule has 0 heterocycles. The minimum Gasteiger partial charge on any atom is -0.466 e. The van der Waals surface area contributed by atoms with E-state index in [9.17, 15) is 22.4 Å². The van der Waals surface area contributed by atoms with Crippen molar-refractivity contribution in [1.82, 2.24) is 5.32 Å². The first-order valence-electron chi connectivity index (χ1n) is 13.3. The number of nitrogens with one attached hydrogen (secondary N) is 1. The molecule has 0 bridgehead atoms. The Hall–Kier alpha value is -2.95. The normalized spacial score (nSPS) is 13.3. The van der Waals surface area contributed by atoms with Crippen LogP contribution in [0.25, 0.3) is 16.7 Å². The number of halogens is 2. The first kappa shape index (κ1) is 34.3. The summed E-state index contributed by atoms with van der Waals surface area (Å²) in [7, 11) is -3.84. The lowest BCUT2D eigenvalue weighted by molar-refractivity contribution is -0.149. The number of alkyl carbamates (subject to hydrolysis) is 1. The van der Waals surface area contributed by atoms with Crippen LogP contribution in [0.15, 0.2) is 43.0 Å². The molecule has 2 aromatic carbocycles. The Labute approximate surface area is 247 Å². The second kappa shape index (κ2) is 14.8. The van der Waals surface area contributed by atoms with Crippen LogP contribution >= 0.6 is 11.6 Å². The van der Waals surface area contributed by atoms with Crippen molar-refractivity contribution < 1.29 is 36.1 Å². The molecule has 2 unspecified atom stereocenters. The number of hydrogen-bond donors (Lipinski definition) is 1. The molecule has 0 saturated carbocycles. The second-order valence-corrected chi connectivity index (χ2v) is 12.8. The number of ether oxygens (including phenoxy) is 2. The number of benzene rings is 2. The number of esters is 1. The summed E-state index contributed by atoms with van der Waals surface area (Å²) < 4.78 is 53.5. The van der Waals surface area contributed by atoms with Gasteiger partial charge in [-0.2, -0.15) is 8.42 Å². The average Bonchev–Trinajstić information content (AvgIpc) is 2.86. The molecule has 0 aliphatic heterocycles. The third-order valence-corrected chi connectivity index (χ3v) is 6.82. The van der Waals surface area contributed by atoms with E-state index in [0.717, 1.165) is 23.0 Å². The van der Waals surface area contributed by atoms with Crippen LogP contribution in [-0.4, -0.2) is 51.6 Å². The molecule has 1 N–H and O–H groups in total. The van der Waals surface area contributed by atoms with Gasteiger partial charge in [0.15, 0.2) is 0 Å². The zero-order valence-electron chi connectivity index (χ0n) is 24.4. The Morgan fingerprint density at radius 1 is 1.12 bits per heavy atom. The van der Waals surface area contributed by atoms with E-state index in [-0.39, 0.29) is 19.4 Å². The topological polar surface area (TPSA) is 108 Å². The van der Waals surface area contributed by atoms with Gasteiger partial charge in [0.25, 0.3) is 10.1 Å². The molecule has 0 aliphatic rings. The van der Waals surface area contributed by atoms with Crippen molar-refractivity contribution in [2.75, 3.05) is 19.5 Å². The molecule has 0 spiro atoms. The number of carbonyl (C=O) groups excluding carboxylic acids is 2. The van der Waals surface area contributed by atoms with Crippen LogP contribution in [0.1, 0.15) is 58.6 Å². The summed E-state index contributed by atoms with van der Waals surface area (Å²) in [6.45, 7) is 12.5. The lowest BCUT2D eigenvalue weighted by Crippen LogP contribution is -2.43. The van der Waals surface area contributed by atoms with Crippen molar-refractivity contribution in [1.29, 1.82) is 0 Å². The average molecular weight is 612 g/mol. The molecule has 2 atom stereocenters. The van der Waals surface area contributed by atoms with Gasteiger partial charge in [0.2, 0.25) is 0 Å². The predicted octanol–water partition coefficient (Wildman–Crippen LogP) is 6.55. The first-order chi connectivity index (χ1) is 19.0. The Morgan fingerprint density at radius 3 is 2.39 bits per heavy atom. The van der Waals surface area contributed by atoms with E-state index in [0.29, 0.717) is 22.6 Å². The standard InChI is InChI=1S/C30H39ClFNO7S/c1-8-19(3)25-16-21(26-17-23(31)12-13-27(26)32)11-10-20(25)14-24(33-29(35)40-30(4,5)6)15-22(28(34)38-9-2)18-39-41(7,36)37/h10-13,16-17,22,24H,3,8-9,14-15,18H2,1-2,4-7H3,(H,33,35). The lowest BCUT2D eigenvalue weighted by atomic mass is 9.88. The van der Waals surface area contributed by atoms with Gasteiger partial charge >= 0.3 is 12.1 Å². The highest BCUT2D eigenvalue weighted by Crippen LogP contribution is 2.32. The molecule has 0 saturated heterocycles. The van der Waals surface area contributed by atoms with Gasteiger partial charge in [-0.15, -0.1) is 0 Å². The summed E-state index contributed by atoms with van der Waals surface area (Å²) >= 11 is 6.12. The Bertz CT molecular complexity index is 1360. The molecule has 0 fully saturated rings. The highest BCUT2D eigenvalue weighted by molar-refractivity contribution is 7.85. The maximum absolute atomic E-state index is 14.7. The molecule has 8 nitrogen and oxygen atoms in total. The van der Waals surface area contributed by atoms with E-state index < -0.39 is 52.2 Å². The molecule has 0 radical (unpaired) electrons. The Kier molecular flexibility index (Phi) is 12.4. The third kappa shape index (κ3) is 11.4. The molecule has 0 aromatic heterocycles. The van der Waals surface area contributed by atoms with Gasteiger partial charge in [-0.1, -0.05) is 37.2 Å². The van der Waals surface area contributed by atoms with E-state index in [1.165, 1.54) is 12.1 Å². The van der Waals surface area contributed by atoms with Crippen molar-refractivity contribution in [3.63, 3.8) is 0 Å². The largest absolute Gasteiger partial charge is 0.466 e. The first-order valence-corrected chi connectivity index (χ1v) is 15.5. The highest BCUT2D eigenvalue weighted by Gasteiger charge is 2.29. The predicted molar refractivity (Wildman–Crippen MR) is 159 cm³/mol. The van der Waals surface area contributed by atoms with E-state index in [1.54, 1.807) is 39.8 Å². The van der Waals surface area contributed by atoms with Crippen LogP contribution in [0, 0.1) is 11.7 Å². The van der Waals surface area contributed by atoms with Crippen molar-refractivity contribution in [2.45, 2.75) is 65.5 Å². The number of hydrogen-bond acceptors (Lipinski definition) is 7. The zero-order valence-corrected chi connectivity index (χ0v) is 26.0. The molecular formula is C30H39ClFNO7S. The van der Waals surface area contributed by atoms with Gasteiger partial charge in [-0.05, 0) is 93.5 Å². The summed E-state index contributed by atoms with van der Waals surface area (Å²) in [5.41, 5.74) is 2.46. The minimum absolute atomic E-state index is 0.00366. The van der Waals surface area contributed by atoms with Crippen LogP contribution in [0.5, 0.6) is 0 Å². The van der Waals surface area contributed by atoms with Crippen LogP contribution in [0.3, 0.4) is 0 Å². The summed E-state index contributed by atoms with van der Waals surface area (Å²) in [6, 6.07) is 8.99. The smallest absolute Gasteiger partial charge is 0.407 e. The Morgan fingerprint density at radius 2 is 1.80 bits per heavy atom. The summed E-state index contributed by atoms with van der Waals surface area (Å²) in [5.74, 6) is -2.08. The fraction of sp³-hybridized carbons (Fsp3) is 0.467. The number of rotatable bonds is 13. The van der Waals surface area contributed by atoms with Crippen molar-refractivity contribution in [3.8, 4) is 11.1 Å². The summed E-state index contributed by atoms with van der Waals surface area (Å²) in [6.07, 6.45) is 1.00. The van der Waals surface area contributed by atoms with Crippen molar-refractivity contribution in [2.24, 2.45) is 5.92 Å². The molecule has 11 heteroatoms. The maximum Gasteiger partial charge on any atom is 0.407 e. The SMILES string of the molecule is C=C(CC)c1cc(-c2cc(Cl)ccc2F)ccc1CC(CC(COS(C)(=O)=O)C(=O)OCC)NC(=O)OC(C)(C)C. The molecular weight excluding hydrogens is 573 g/mol. The zero-order chi connectivity index (χ0) is 31.0. The van der Waals surface area contributed by atoms with Gasteiger partial charge in [0.05, 0.1) is 25.4 Å². The minimum atomic E-state index is -3.84. The number of carbonyl (C=O) groups is 2. The van der Waals surface area contributed by atoms with E-state index in [2.05, 4.69) is 11.9 Å². The maximum atomic E-state index is 14.7. The van der Waals surface area contributed by atoms with Crippen LogP contribution < -0.4 is 5.32 Å². The van der Waals surface area contributed by atoms with E-state index >= 15 is 0 Å². The van der Waals surface area contributed by atoms with Crippen molar-refractivity contribution >= 4 is 39.4 Å². The fourth-order valence-electron chi connectivity index (χ4n) is 4.13. The van der Waals surface area contributed by atoms with Crippen LogP contribution in [0.4, 0.5) is 9.18 Å². The molecule has 2 aromatic rings. The van der Waals surface area contributed by atoms with E-state index in [4.69, 9.17) is 25.3 Å². The molecule has 0 aliphatic carbocycles. The van der Waals surface area contributed by atoms with Gasteiger partial charge in [0, 0.05) is 16.6 Å². The summed E-state index contributed by atoms with van der Waals surface area (Å²) in [4.78, 5) is 25.5. The van der Waals surface area contributed by atoms with Gasteiger partial charge in [-0.25, -0.2) is 9.18 Å². The monoisotopic (exact) mass is 611 g/mol. The van der Waals surface area contributed by atoms with Crippen LogP contribution in [-0.2, 0) is 35.0 Å². The number of amides is 1. The molecule has 226 valence electrons. The highest BCUT2D eigenvalue weighted by atomic mass is 35.5. The Balaban J connectivity index is 2.52. The quantitative estimate of drug-likeness (QED) is 0.202. The summed E-state index contributed by atoms with van der Waals surface area (Å²) in [5, 5.41) is 3.21. The van der Waals surface area contributed by atoms with Crippen molar-refractivity contribution in [3.05, 3.63) is 64.9 Å². The second-order valence-electron chi connectivity index (χ2n) is 10.7. The molecule has 2 rings (SSSR count). The van der Waals surface area contributed by atoms with Gasteiger partial charge in [-0.3, -0.25) is 8.98 Å². The molecule has 1 amide bonds. The third-order valence-electron chi connectivity index (χ3n) is 6.02. The van der Waals surface area contributed by atoms with Crippen LogP contribution in [0.2, 0.25) is 5.02 Å². The number of allylic oxidation sites excluding steroid dienone is 1.